The molecule has 0 spiro atoms. The minimum Gasteiger partial charge on any atom is -0.356 e. The van der Waals surface area contributed by atoms with Gasteiger partial charge in [-0.05, 0) is 37.4 Å². The standard InChI is InChI=1S/C20H34N4/c1-5-12-24-13-11-17(15-24)14-22-19(21-4)23-16-20(2,3)18-9-7-6-8-10-18/h6-10,17H,5,11-16H2,1-4H3,(H2,21,22,23). The van der Waals surface area contributed by atoms with Crippen LogP contribution in [0.5, 0.6) is 0 Å². The molecule has 0 saturated carbocycles. The summed E-state index contributed by atoms with van der Waals surface area (Å²) in [5.74, 6) is 1.64. The lowest BCUT2D eigenvalue weighted by Gasteiger charge is -2.27. The fourth-order valence-corrected chi connectivity index (χ4v) is 3.36. The highest BCUT2D eigenvalue weighted by Gasteiger charge is 2.23. The monoisotopic (exact) mass is 330 g/mol. The number of rotatable bonds is 7. The van der Waals surface area contributed by atoms with Crippen LogP contribution in [0.3, 0.4) is 0 Å². The first-order valence-electron chi connectivity index (χ1n) is 9.27. The highest BCUT2D eigenvalue weighted by molar-refractivity contribution is 5.79. The van der Waals surface area contributed by atoms with E-state index in [9.17, 15) is 0 Å². The molecule has 1 unspecified atom stereocenters. The van der Waals surface area contributed by atoms with Gasteiger partial charge in [-0.3, -0.25) is 4.99 Å². The number of nitrogens with zero attached hydrogens (tertiary/aromatic N) is 2. The maximum Gasteiger partial charge on any atom is 0.191 e. The molecule has 0 radical (unpaired) electrons. The van der Waals surface area contributed by atoms with E-state index in [-0.39, 0.29) is 5.41 Å². The van der Waals surface area contributed by atoms with Crippen molar-refractivity contribution in [2.45, 2.75) is 39.0 Å². The lowest BCUT2D eigenvalue weighted by atomic mass is 9.85. The molecule has 0 bridgehead atoms. The summed E-state index contributed by atoms with van der Waals surface area (Å²) in [5.41, 5.74) is 1.42. The van der Waals surface area contributed by atoms with Gasteiger partial charge in [0.25, 0.3) is 0 Å². The van der Waals surface area contributed by atoms with E-state index in [1.165, 1.54) is 38.0 Å². The highest BCUT2D eigenvalue weighted by atomic mass is 15.2. The first-order valence-corrected chi connectivity index (χ1v) is 9.27. The molecule has 0 amide bonds. The van der Waals surface area contributed by atoms with Gasteiger partial charge in [0.15, 0.2) is 5.96 Å². The lowest BCUT2D eigenvalue weighted by Crippen LogP contribution is -2.45. The van der Waals surface area contributed by atoms with Gasteiger partial charge in [-0.1, -0.05) is 51.1 Å². The third kappa shape index (κ3) is 5.52. The summed E-state index contributed by atoms with van der Waals surface area (Å²) in [5, 5.41) is 7.00. The van der Waals surface area contributed by atoms with Crippen LogP contribution in [0.2, 0.25) is 0 Å². The van der Waals surface area contributed by atoms with Crippen molar-refractivity contribution in [2.24, 2.45) is 10.9 Å². The predicted molar refractivity (Wildman–Crippen MR) is 104 cm³/mol. The molecule has 2 rings (SSSR count). The van der Waals surface area contributed by atoms with Crippen molar-refractivity contribution in [1.29, 1.82) is 0 Å². The van der Waals surface area contributed by atoms with Crippen LogP contribution in [0.25, 0.3) is 0 Å². The number of nitrogens with one attached hydrogen (secondary N) is 2. The van der Waals surface area contributed by atoms with Crippen molar-refractivity contribution < 1.29 is 0 Å². The molecule has 1 fully saturated rings. The van der Waals surface area contributed by atoms with E-state index in [4.69, 9.17) is 0 Å². The summed E-state index contributed by atoms with van der Waals surface area (Å²) in [7, 11) is 1.85. The van der Waals surface area contributed by atoms with E-state index < -0.39 is 0 Å². The third-order valence-corrected chi connectivity index (χ3v) is 4.94. The molecule has 4 nitrogen and oxygen atoms in total. The SMILES string of the molecule is CCCN1CCC(CNC(=NC)NCC(C)(C)c2ccccc2)C1. The van der Waals surface area contributed by atoms with Crippen molar-refractivity contribution in [2.75, 3.05) is 39.8 Å². The van der Waals surface area contributed by atoms with Gasteiger partial charge in [-0.2, -0.15) is 0 Å². The van der Waals surface area contributed by atoms with E-state index in [0.29, 0.717) is 0 Å². The Balaban J connectivity index is 1.77. The highest BCUT2D eigenvalue weighted by Crippen LogP contribution is 2.21. The summed E-state index contributed by atoms with van der Waals surface area (Å²) in [6.07, 6.45) is 2.54. The normalized spacial score (nSPS) is 19.5. The number of guanidine groups is 1. The molecule has 1 aromatic carbocycles. The van der Waals surface area contributed by atoms with Crippen molar-refractivity contribution in [3.05, 3.63) is 35.9 Å². The Labute approximate surface area is 147 Å². The van der Waals surface area contributed by atoms with Crippen molar-refractivity contribution >= 4 is 5.96 Å². The van der Waals surface area contributed by atoms with Crippen LogP contribution in [0.4, 0.5) is 0 Å². The molecule has 134 valence electrons. The second-order valence-corrected chi connectivity index (χ2v) is 7.51. The summed E-state index contributed by atoms with van der Waals surface area (Å²) < 4.78 is 0. The molecule has 1 aliphatic heterocycles. The average molecular weight is 331 g/mol. The van der Waals surface area contributed by atoms with Crippen LogP contribution < -0.4 is 10.6 Å². The van der Waals surface area contributed by atoms with Gasteiger partial charge in [-0.15, -0.1) is 0 Å². The van der Waals surface area contributed by atoms with E-state index in [0.717, 1.165) is 25.0 Å². The maximum atomic E-state index is 4.38. The number of aliphatic imine (C=N–C) groups is 1. The van der Waals surface area contributed by atoms with Crippen LogP contribution in [0.1, 0.15) is 39.2 Å². The summed E-state index contributed by atoms with van der Waals surface area (Å²) in [6.45, 7) is 12.3. The first-order chi connectivity index (χ1) is 11.5. The zero-order chi connectivity index (χ0) is 17.4. The van der Waals surface area contributed by atoms with Crippen molar-refractivity contribution in [3.8, 4) is 0 Å². The summed E-state index contributed by atoms with van der Waals surface area (Å²) in [4.78, 5) is 6.95. The summed E-state index contributed by atoms with van der Waals surface area (Å²) >= 11 is 0. The first kappa shape index (κ1) is 18.8. The van der Waals surface area contributed by atoms with E-state index in [1.807, 2.05) is 7.05 Å². The van der Waals surface area contributed by atoms with Gasteiger partial charge in [0.1, 0.15) is 0 Å². The van der Waals surface area contributed by atoms with Crippen LogP contribution >= 0.6 is 0 Å². The lowest BCUT2D eigenvalue weighted by molar-refractivity contribution is 0.324. The smallest absolute Gasteiger partial charge is 0.191 e. The third-order valence-electron chi connectivity index (χ3n) is 4.94. The molecule has 4 heteroatoms. The molecule has 24 heavy (non-hydrogen) atoms. The number of likely N-dealkylation sites (tertiary alicyclic amines) is 1. The Bertz CT molecular complexity index is 510. The second kappa shape index (κ2) is 9.07. The van der Waals surface area contributed by atoms with Crippen LogP contribution in [0.15, 0.2) is 35.3 Å². The molecule has 2 N–H and O–H groups in total. The van der Waals surface area contributed by atoms with Gasteiger partial charge in [-0.25, -0.2) is 0 Å². The van der Waals surface area contributed by atoms with Crippen LogP contribution in [-0.4, -0.2) is 50.6 Å². The number of hydrogen-bond acceptors (Lipinski definition) is 2. The van der Waals surface area contributed by atoms with Gasteiger partial charge in [0.05, 0.1) is 0 Å². The molecular weight excluding hydrogens is 296 g/mol. The summed E-state index contributed by atoms with van der Waals surface area (Å²) in [6, 6.07) is 10.7. The van der Waals surface area contributed by atoms with Crippen molar-refractivity contribution in [3.63, 3.8) is 0 Å². The Morgan fingerprint density at radius 2 is 2.00 bits per heavy atom. The predicted octanol–water partition coefficient (Wildman–Crippen LogP) is 2.86. The Kier molecular flexibility index (Phi) is 7.10. The van der Waals surface area contributed by atoms with Gasteiger partial charge < -0.3 is 15.5 Å². The molecular formula is C20H34N4. The van der Waals surface area contributed by atoms with E-state index in [1.54, 1.807) is 0 Å². The average Bonchev–Trinajstić information content (AvgIpc) is 3.04. The molecule has 1 heterocycles. The van der Waals surface area contributed by atoms with Gasteiger partial charge in [0.2, 0.25) is 0 Å². The van der Waals surface area contributed by atoms with Crippen LogP contribution in [-0.2, 0) is 5.41 Å². The minimum atomic E-state index is 0.0736. The van der Waals surface area contributed by atoms with E-state index >= 15 is 0 Å². The molecule has 0 aromatic heterocycles. The maximum absolute atomic E-state index is 4.38. The molecule has 1 saturated heterocycles. The Hall–Kier alpha value is -1.55. The number of hydrogen-bond donors (Lipinski definition) is 2. The quantitative estimate of drug-likeness (QED) is 0.596. The molecule has 1 atom stereocenters. The molecule has 0 aliphatic carbocycles. The Morgan fingerprint density at radius 1 is 1.25 bits per heavy atom. The van der Waals surface area contributed by atoms with Gasteiger partial charge >= 0.3 is 0 Å². The number of benzene rings is 1. The molecule has 1 aromatic rings. The fourth-order valence-electron chi connectivity index (χ4n) is 3.36. The van der Waals surface area contributed by atoms with E-state index in [2.05, 4.69) is 71.6 Å². The Morgan fingerprint density at radius 3 is 2.67 bits per heavy atom. The zero-order valence-corrected chi connectivity index (χ0v) is 15.8. The van der Waals surface area contributed by atoms with Crippen LogP contribution in [0, 0.1) is 5.92 Å². The van der Waals surface area contributed by atoms with Gasteiger partial charge in [0, 0.05) is 32.1 Å². The fraction of sp³-hybridized carbons (Fsp3) is 0.650. The largest absolute Gasteiger partial charge is 0.356 e. The molecule has 1 aliphatic rings. The topological polar surface area (TPSA) is 39.7 Å². The second-order valence-electron chi connectivity index (χ2n) is 7.51. The zero-order valence-electron chi connectivity index (χ0n) is 15.8. The minimum absolute atomic E-state index is 0.0736. The van der Waals surface area contributed by atoms with Crippen molar-refractivity contribution in [1.82, 2.24) is 15.5 Å².